The van der Waals surface area contributed by atoms with Crippen molar-refractivity contribution < 1.29 is 18.0 Å². The molecule has 0 aliphatic heterocycles. The van der Waals surface area contributed by atoms with Crippen molar-refractivity contribution in [3.63, 3.8) is 0 Å². The Morgan fingerprint density at radius 1 is 0.897 bits per heavy atom. The maximum Gasteiger partial charge on any atom is 0.255 e. The highest BCUT2D eigenvalue weighted by Gasteiger charge is 2.15. The minimum absolute atomic E-state index is 0.0125. The first-order chi connectivity index (χ1) is 13.5. The van der Waals surface area contributed by atoms with Crippen molar-refractivity contribution in [1.29, 1.82) is 0 Å². The highest BCUT2D eigenvalue weighted by molar-refractivity contribution is 7.92. The molecule has 0 aromatic heterocycles. The molecule has 0 spiro atoms. The van der Waals surface area contributed by atoms with Gasteiger partial charge < -0.3 is 10.6 Å². The lowest BCUT2D eigenvalue weighted by atomic mass is 10.1. The van der Waals surface area contributed by atoms with E-state index in [2.05, 4.69) is 15.4 Å². The Morgan fingerprint density at radius 3 is 2.14 bits per heavy atom. The highest BCUT2D eigenvalue weighted by atomic mass is 32.2. The van der Waals surface area contributed by atoms with Crippen LogP contribution >= 0.6 is 0 Å². The lowest BCUT2D eigenvalue weighted by Crippen LogP contribution is -2.40. The Hall–Kier alpha value is -2.87. The SMILES string of the molecule is CCCS(=O)(=O)Nc1cccc(C(=O)Nc2ccc(C(=O)NC(C)(C)C)cc2)c1. The number of rotatable bonds is 7. The molecule has 0 saturated carbocycles. The number of nitrogens with one attached hydrogen (secondary N) is 3. The van der Waals surface area contributed by atoms with Crippen molar-refractivity contribution in [1.82, 2.24) is 5.32 Å². The first-order valence-corrected chi connectivity index (χ1v) is 11.0. The summed E-state index contributed by atoms with van der Waals surface area (Å²) in [7, 11) is -3.43. The normalized spacial score (nSPS) is 11.6. The third-order valence-corrected chi connectivity index (χ3v) is 5.26. The third kappa shape index (κ3) is 7.23. The summed E-state index contributed by atoms with van der Waals surface area (Å²) in [6, 6.07) is 12.8. The first-order valence-electron chi connectivity index (χ1n) is 9.33. The van der Waals surface area contributed by atoms with E-state index in [-0.39, 0.29) is 23.1 Å². The molecule has 2 amide bonds. The summed E-state index contributed by atoms with van der Waals surface area (Å²) in [5, 5.41) is 5.61. The second-order valence-electron chi connectivity index (χ2n) is 7.74. The molecule has 2 rings (SSSR count). The highest BCUT2D eigenvalue weighted by Crippen LogP contribution is 2.16. The lowest BCUT2D eigenvalue weighted by Gasteiger charge is -2.20. The second kappa shape index (κ2) is 9.09. The number of benzene rings is 2. The fraction of sp³-hybridized carbons (Fsp3) is 0.333. The van der Waals surface area contributed by atoms with Crippen LogP contribution in [0.2, 0.25) is 0 Å². The molecule has 0 bridgehead atoms. The second-order valence-corrected chi connectivity index (χ2v) is 9.58. The Bertz CT molecular complexity index is 978. The molecule has 0 heterocycles. The van der Waals surface area contributed by atoms with E-state index in [0.717, 1.165) is 0 Å². The van der Waals surface area contributed by atoms with Crippen LogP contribution in [0.5, 0.6) is 0 Å². The van der Waals surface area contributed by atoms with Gasteiger partial charge in [0.05, 0.1) is 5.75 Å². The van der Waals surface area contributed by atoms with Crippen molar-refractivity contribution in [3.8, 4) is 0 Å². The number of carbonyl (C=O) groups is 2. The minimum Gasteiger partial charge on any atom is -0.347 e. The summed E-state index contributed by atoms with van der Waals surface area (Å²) in [5.41, 5.74) is 1.33. The number of carbonyl (C=O) groups excluding carboxylic acids is 2. The van der Waals surface area contributed by atoms with E-state index in [1.807, 2.05) is 20.8 Å². The zero-order chi connectivity index (χ0) is 21.7. The Morgan fingerprint density at radius 2 is 1.55 bits per heavy atom. The van der Waals surface area contributed by atoms with E-state index >= 15 is 0 Å². The van der Waals surface area contributed by atoms with Crippen molar-refractivity contribution in [2.45, 2.75) is 39.7 Å². The summed E-state index contributed by atoms with van der Waals surface area (Å²) < 4.78 is 26.3. The quantitative estimate of drug-likeness (QED) is 0.640. The summed E-state index contributed by atoms with van der Waals surface area (Å²) in [6.07, 6.45) is 0.499. The molecular formula is C21H27N3O4S. The van der Waals surface area contributed by atoms with Gasteiger partial charge in [-0.25, -0.2) is 8.42 Å². The summed E-state index contributed by atoms with van der Waals surface area (Å²) >= 11 is 0. The predicted octanol–water partition coefficient (Wildman–Crippen LogP) is 3.62. The van der Waals surface area contributed by atoms with Gasteiger partial charge in [-0.1, -0.05) is 13.0 Å². The molecule has 29 heavy (non-hydrogen) atoms. The van der Waals surface area contributed by atoms with E-state index < -0.39 is 10.0 Å². The summed E-state index contributed by atoms with van der Waals surface area (Å²) in [5.74, 6) is -0.561. The van der Waals surface area contributed by atoms with Crippen LogP contribution < -0.4 is 15.4 Å². The van der Waals surface area contributed by atoms with Crippen molar-refractivity contribution in [2.24, 2.45) is 0 Å². The Labute approximate surface area is 172 Å². The lowest BCUT2D eigenvalue weighted by molar-refractivity contribution is 0.0919. The van der Waals surface area contributed by atoms with Gasteiger partial charge in [-0.3, -0.25) is 14.3 Å². The largest absolute Gasteiger partial charge is 0.347 e. The van der Waals surface area contributed by atoms with Crippen LogP contribution in [-0.2, 0) is 10.0 Å². The molecule has 0 aliphatic carbocycles. The number of sulfonamides is 1. The van der Waals surface area contributed by atoms with Crippen LogP contribution in [0.3, 0.4) is 0 Å². The molecule has 0 fully saturated rings. The van der Waals surface area contributed by atoms with Gasteiger partial charge in [-0.05, 0) is 69.7 Å². The van der Waals surface area contributed by atoms with Crippen LogP contribution in [0.25, 0.3) is 0 Å². The standard InChI is InChI=1S/C21H27N3O4S/c1-5-13-29(27,28)24-18-8-6-7-16(14-18)19(25)22-17-11-9-15(10-12-17)20(26)23-21(2,3)4/h6-12,14,24H,5,13H2,1-4H3,(H,22,25)(H,23,26). The maximum atomic E-state index is 12.5. The van der Waals surface area contributed by atoms with Crippen LogP contribution in [0.1, 0.15) is 54.8 Å². The van der Waals surface area contributed by atoms with Gasteiger partial charge in [0.15, 0.2) is 0 Å². The first kappa shape index (κ1) is 22.4. The van der Waals surface area contributed by atoms with Crippen LogP contribution in [0, 0.1) is 0 Å². The average Bonchev–Trinajstić information content (AvgIpc) is 2.60. The maximum absolute atomic E-state index is 12.5. The monoisotopic (exact) mass is 417 g/mol. The third-order valence-electron chi connectivity index (χ3n) is 3.76. The Balaban J connectivity index is 2.07. The number of hydrogen-bond acceptors (Lipinski definition) is 4. The van der Waals surface area contributed by atoms with E-state index in [9.17, 15) is 18.0 Å². The van der Waals surface area contributed by atoms with E-state index in [0.29, 0.717) is 28.9 Å². The number of anilines is 2. The van der Waals surface area contributed by atoms with Gasteiger partial charge in [0, 0.05) is 28.0 Å². The molecule has 3 N–H and O–H groups in total. The smallest absolute Gasteiger partial charge is 0.255 e. The predicted molar refractivity (Wildman–Crippen MR) is 116 cm³/mol. The van der Waals surface area contributed by atoms with Gasteiger partial charge in [0.25, 0.3) is 11.8 Å². The summed E-state index contributed by atoms with van der Waals surface area (Å²) in [4.78, 5) is 24.7. The molecule has 2 aromatic rings. The fourth-order valence-corrected chi connectivity index (χ4v) is 3.67. The van der Waals surface area contributed by atoms with Gasteiger partial charge in [-0.15, -0.1) is 0 Å². The molecule has 0 saturated heterocycles. The van der Waals surface area contributed by atoms with Gasteiger partial charge in [-0.2, -0.15) is 0 Å². The molecule has 7 nitrogen and oxygen atoms in total. The fourth-order valence-electron chi connectivity index (χ4n) is 2.54. The van der Waals surface area contributed by atoms with Crippen LogP contribution in [-0.4, -0.2) is 31.5 Å². The van der Waals surface area contributed by atoms with Crippen LogP contribution in [0.15, 0.2) is 48.5 Å². The molecule has 0 radical (unpaired) electrons. The zero-order valence-electron chi connectivity index (χ0n) is 17.1. The van der Waals surface area contributed by atoms with Crippen molar-refractivity contribution >= 4 is 33.2 Å². The molecular weight excluding hydrogens is 390 g/mol. The number of amides is 2. The number of hydrogen-bond donors (Lipinski definition) is 3. The molecule has 2 aromatic carbocycles. The van der Waals surface area contributed by atoms with E-state index in [1.54, 1.807) is 49.4 Å². The van der Waals surface area contributed by atoms with Crippen LogP contribution in [0.4, 0.5) is 11.4 Å². The van der Waals surface area contributed by atoms with E-state index in [4.69, 9.17) is 0 Å². The average molecular weight is 418 g/mol. The van der Waals surface area contributed by atoms with Gasteiger partial charge in [0.2, 0.25) is 10.0 Å². The van der Waals surface area contributed by atoms with E-state index in [1.165, 1.54) is 6.07 Å². The zero-order valence-corrected chi connectivity index (χ0v) is 17.9. The topological polar surface area (TPSA) is 104 Å². The van der Waals surface area contributed by atoms with Crippen molar-refractivity contribution in [2.75, 3.05) is 15.8 Å². The Kier molecular flexibility index (Phi) is 7.02. The summed E-state index contributed by atoms with van der Waals surface area (Å²) in [6.45, 7) is 7.48. The molecule has 8 heteroatoms. The van der Waals surface area contributed by atoms with Gasteiger partial charge >= 0.3 is 0 Å². The minimum atomic E-state index is -3.43. The molecule has 0 atom stereocenters. The van der Waals surface area contributed by atoms with Gasteiger partial charge in [0.1, 0.15) is 0 Å². The molecule has 0 aliphatic rings. The van der Waals surface area contributed by atoms with Crippen molar-refractivity contribution in [3.05, 3.63) is 59.7 Å². The molecule has 156 valence electrons. The molecule has 0 unspecified atom stereocenters.